The van der Waals surface area contributed by atoms with Gasteiger partial charge in [-0.2, -0.15) is 0 Å². The van der Waals surface area contributed by atoms with Crippen LogP contribution in [0.3, 0.4) is 0 Å². The van der Waals surface area contributed by atoms with Crippen LogP contribution in [-0.4, -0.2) is 85.8 Å². The molecule has 2 aromatic rings. The number of amides is 1. The summed E-state index contributed by atoms with van der Waals surface area (Å²) in [6.07, 6.45) is 3.09. The van der Waals surface area contributed by atoms with E-state index in [2.05, 4.69) is 11.8 Å². The van der Waals surface area contributed by atoms with Gasteiger partial charge in [-0.1, -0.05) is 25.8 Å². The first kappa shape index (κ1) is 31.4. The largest absolute Gasteiger partial charge is 0.507 e. The van der Waals surface area contributed by atoms with E-state index in [1.54, 1.807) is 30.2 Å². The summed E-state index contributed by atoms with van der Waals surface area (Å²) >= 11 is 0. The van der Waals surface area contributed by atoms with Crippen molar-refractivity contribution in [1.82, 2.24) is 9.80 Å². The Hall–Kier alpha value is -3.56. The van der Waals surface area contributed by atoms with Gasteiger partial charge in [-0.3, -0.25) is 14.5 Å². The maximum absolute atomic E-state index is 13.6. The molecule has 4 rings (SSSR count). The number of likely N-dealkylation sites (tertiary alicyclic amines) is 1. The summed E-state index contributed by atoms with van der Waals surface area (Å²) < 4.78 is 22.9. The first-order valence-corrected chi connectivity index (χ1v) is 14.9. The summed E-state index contributed by atoms with van der Waals surface area (Å²) in [5.41, 5.74) is 1.93. The fraction of sp³-hybridized carbons (Fsp3) is 0.515. The van der Waals surface area contributed by atoms with Crippen molar-refractivity contribution < 1.29 is 33.6 Å². The van der Waals surface area contributed by atoms with Crippen molar-refractivity contribution in [1.29, 1.82) is 0 Å². The molecule has 0 aromatic heterocycles. The molecule has 9 heteroatoms. The van der Waals surface area contributed by atoms with E-state index in [1.807, 2.05) is 39.0 Å². The Morgan fingerprint density at radius 2 is 1.81 bits per heavy atom. The molecule has 2 saturated heterocycles. The fourth-order valence-electron chi connectivity index (χ4n) is 5.43. The lowest BCUT2D eigenvalue weighted by atomic mass is 9.93. The maximum Gasteiger partial charge on any atom is 0.295 e. The number of hydrogen-bond acceptors (Lipinski definition) is 8. The van der Waals surface area contributed by atoms with Crippen molar-refractivity contribution in [2.24, 2.45) is 0 Å². The average molecular weight is 581 g/mol. The molecule has 9 nitrogen and oxygen atoms in total. The summed E-state index contributed by atoms with van der Waals surface area (Å²) in [6.45, 7) is 12.1. The van der Waals surface area contributed by atoms with Crippen molar-refractivity contribution in [3.8, 4) is 17.2 Å². The molecule has 0 bridgehead atoms. The zero-order chi connectivity index (χ0) is 30.2. The fourth-order valence-corrected chi connectivity index (χ4v) is 5.43. The van der Waals surface area contributed by atoms with Gasteiger partial charge in [-0.25, -0.2) is 0 Å². The molecule has 2 aromatic carbocycles. The first-order chi connectivity index (χ1) is 20.2. The maximum atomic E-state index is 13.6. The lowest BCUT2D eigenvalue weighted by Crippen LogP contribution is -2.42. The van der Waals surface area contributed by atoms with Crippen molar-refractivity contribution in [2.75, 3.05) is 53.1 Å². The number of benzene rings is 2. The topological polar surface area (TPSA) is 97.8 Å². The van der Waals surface area contributed by atoms with Gasteiger partial charge in [0.05, 0.1) is 44.6 Å². The SMILES string of the molecule is CCCCCOc1ccc(C2C(=C(O)c3ccc(OC(C)C)cc3C)C(=O)C(=O)N2CCN2CCOCC2)cc1OC. The minimum Gasteiger partial charge on any atom is -0.507 e. The number of aryl methyl sites for hydroxylation is 1. The lowest BCUT2D eigenvalue weighted by Gasteiger charge is -2.31. The van der Waals surface area contributed by atoms with Crippen LogP contribution in [0.4, 0.5) is 0 Å². The second-order valence-electron chi connectivity index (χ2n) is 11.1. The standard InChI is InChI=1S/C33H44N2O7/c1-6-7-8-17-41-27-12-9-24(21-28(27)39-5)30-29(31(36)26-11-10-25(20-23(26)4)42-22(2)3)32(37)33(38)35(30)14-13-34-15-18-40-19-16-34/h9-12,20-22,30,36H,6-8,13-19H2,1-5H3. The highest BCUT2D eigenvalue weighted by Gasteiger charge is 2.46. The minimum absolute atomic E-state index is 0.00536. The monoisotopic (exact) mass is 580 g/mol. The van der Waals surface area contributed by atoms with Crippen LogP contribution in [0.2, 0.25) is 0 Å². The van der Waals surface area contributed by atoms with Crippen LogP contribution >= 0.6 is 0 Å². The Morgan fingerprint density at radius 1 is 1.05 bits per heavy atom. The van der Waals surface area contributed by atoms with Crippen molar-refractivity contribution >= 4 is 17.4 Å². The van der Waals surface area contributed by atoms with Gasteiger partial charge < -0.3 is 29.0 Å². The van der Waals surface area contributed by atoms with Crippen LogP contribution in [0.5, 0.6) is 17.2 Å². The number of aliphatic hydroxyl groups excluding tert-OH is 1. The Labute approximate surface area is 249 Å². The zero-order valence-electron chi connectivity index (χ0n) is 25.5. The minimum atomic E-state index is -0.792. The molecule has 0 radical (unpaired) electrons. The summed E-state index contributed by atoms with van der Waals surface area (Å²) in [4.78, 5) is 30.9. The molecule has 1 N–H and O–H groups in total. The molecule has 228 valence electrons. The van der Waals surface area contributed by atoms with Gasteiger partial charge in [0, 0.05) is 31.7 Å². The number of methoxy groups -OCH3 is 1. The van der Waals surface area contributed by atoms with E-state index in [0.29, 0.717) is 61.3 Å². The van der Waals surface area contributed by atoms with Gasteiger partial charge >= 0.3 is 0 Å². The van der Waals surface area contributed by atoms with E-state index in [9.17, 15) is 14.7 Å². The van der Waals surface area contributed by atoms with Gasteiger partial charge in [0.25, 0.3) is 11.7 Å². The molecular formula is C33H44N2O7. The van der Waals surface area contributed by atoms with E-state index in [-0.39, 0.29) is 17.4 Å². The van der Waals surface area contributed by atoms with Crippen LogP contribution in [-0.2, 0) is 14.3 Å². The molecule has 1 amide bonds. The number of carbonyl (C=O) groups excluding carboxylic acids is 2. The lowest BCUT2D eigenvalue weighted by molar-refractivity contribution is -0.140. The van der Waals surface area contributed by atoms with Gasteiger partial charge in [-0.05, 0) is 68.7 Å². The highest BCUT2D eigenvalue weighted by Crippen LogP contribution is 2.42. The third-order valence-corrected chi connectivity index (χ3v) is 7.63. The molecule has 2 aliphatic heterocycles. The van der Waals surface area contributed by atoms with Gasteiger partial charge in [0.2, 0.25) is 0 Å². The third-order valence-electron chi connectivity index (χ3n) is 7.63. The number of hydrogen-bond donors (Lipinski definition) is 1. The highest BCUT2D eigenvalue weighted by molar-refractivity contribution is 6.46. The Morgan fingerprint density at radius 3 is 2.48 bits per heavy atom. The summed E-state index contributed by atoms with van der Waals surface area (Å²) in [6, 6.07) is 9.98. The quantitative estimate of drug-likeness (QED) is 0.151. The van der Waals surface area contributed by atoms with Crippen molar-refractivity contribution in [3.05, 3.63) is 58.7 Å². The van der Waals surface area contributed by atoms with Crippen LogP contribution < -0.4 is 14.2 Å². The van der Waals surface area contributed by atoms with E-state index >= 15 is 0 Å². The number of carbonyl (C=O) groups is 2. The first-order valence-electron chi connectivity index (χ1n) is 14.9. The number of unbranched alkanes of at least 4 members (excludes halogenated alkanes) is 2. The molecule has 1 atom stereocenters. The summed E-state index contributed by atoms with van der Waals surface area (Å²) in [7, 11) is 1.57. The third kappa shape index (κ3) is 7.25. The van der Waals surface area contributed by atoms with E-state index in [0.717, 1.165) is 37.9 Å². The number of Topliss-reactive ketones (excluding diaryl/α,β-unsaturated/α-hetero) is 1. The van der Waals surface area contributed by atoms with Gasteiger partial charge in [0.1, 0.15) is 11.5 Å². The zero-order valence-corrected chi connectivity index (χ0v) is 25.5. The van der Waals surface area contributed by atoms with Crippen LogP contribution in [0.25, 0.3) is 5.76 Å². The normalized spacial score (nSPS) is 19.0. The molecule has 42 heavy (non-hydrogen) atoms. The molecule has 1 unspecified atom stereocenters. The summed E-state index contributed by atoms with van der Waals surface area (Å²) in [5.74, 6) is 0.222. The second kappa shape index (κ2) is 14.6. The Balaban J connectivity index is 1.74. The van der Waals surface area contributed by atoms with E-state index in [1.165, 1.54) is 0 Å². The average Bonchev–Trinajstić information content (AvgIpc) is 3.23. The highest BCUT2D eigenvalue weighted by atomic mass is 16.5. The summed E-state index contributed by atoms with van der Waals surface area (Å²) in [5, 5.41) is 11.6. The second-order valence-corrected chi connectivity index (χ2v) is 11.1. The number of nitrogens with zero attached hydrogens (tertiary/aromatic N) is 2. The molecule has 0 aliphatic carbocycles. The van der Waals surface area contributed by atoms with Crippen molar-refractivity contribution in [2.45, 2.75) is 59.1 Å². The van der Waals surface area contributed by atoms with Gasteiger partial charge in [-0.15, -0.1) is 0 Å². The predicted molar refractivity (Wildman–Crippen MR) is 161 cm³/mol. The molecule has 2 heterocycles. The number of ketones is 1. The number of ether oxygens (including phenoxy) is 4. The molecule has 0 saturated carbocycles. The van der Waals surface area contributed by atoms with Crippen LogP contribution in [0.15, 0.2) is 42.0 Å². The number of morpholine rings is 1. The van der Waals surface area contributed by atoms with Crippen molar-refractivity contribution in [3.63, 3.8) is 0 Å². The van der Waals surface area contributed by atoms with E-state index in [4.69, 9.17) is 18.9 Å². The van der Waals surface area contributed by atoms with Gasteiger partial charge in [0.15, 0.2) is 11.5 Å². The molecule has 2 fully saturated rings. The predicted octanol–water partition coefficient (Wildman–Crippen LogP) is 5.11. The Kier molecular flexibility index (Phi) is 10.9. The molecule has 2 aliphatic rings. The molecular weight excluding hydrogens is 536 g/mol. The Bertz CT molecular complexity index is 1280. The van der Waals surface area contributed by atoms with E-state index < -0.39 is 17.7 Å². The smallest absolute Gasteiger partial charge is 0.295 e. The molecule has 0 spiro atoms. The van der Waals surface area contributed by atoms with Crippen LogP contribution in [0.1, 0.15) is 62.8 Å². The number of aliphatic hydroxyl groups is 1. The van der Waals surface area contributed by atoms with Crippen LogP contribution in [0, 0.1) is 6.92 Å². The number of rotatable bonds is 13.